The van der Waals surface area contributed by atoms with Crippen molar-refractivity contribution in [1.29, 1.82) is 0 Å². The lowest BCUT2D eigenvalue weighted by Gasteiger charge is -2.12. The van der Waals surface area contributed by atoms with Crippen LogP contribution in [0.15, 0.2) is 47.4 Å². The first-order valence-electron chi connectivity index (χ1n) is 6.76. The van der Waals surface area contributed by atoms with Gasteiger partial charge in [0.25, 0.3) is 15.9 Å². The summed E-state index contributed by atoms with van der Waals surface area (Å²) in [5.74, 6) is -0.212. The number of carbonyl (C=O) groups is 1. The van der Waals surface area contributed by atoms with Crippen LogP contribution >= 0.6 is 0 Å². The number of rotatable bonds is 4. The molecule has 2 rings (SSSR count). The van der Waals surface area contributed by atoms with Gasteiger partial charge in [0.2, 0.25) is 0 Å². The lowest BCUT2D eigenvalue weighted by Crippen LogP contribution is -2.18. The molecule has 116 valence electrons. The zero-order valence-corrected chi connectivity index (χ0v) is 13.5. The minimum atomic E-state index is -3.64. The maximum absolute atomic E-state index is 12.3. The zero-order chi connectivity index (χ0) is 16.3. The lowest BCUT2D eigenvalue weighted by molar-refractivity contribution is 0.0963. The van der Waals surface area contributed by atoms with Crippen molar-refractivity contribution in [2.24, 2.45) is 0 Å². The molecule has 0 spiro atoms. The van der Waals surface area contributed by atoms with Crippen LogP contribution in [0.25, 0.3) is 0 Å². The normalized spacial score (nSPS) is 11.0. The van der Waals surface area contributed by atoms with E-state index in [2.05, 4.69) is 10.0 Å². The molecule has 0 saturated carbocycles. The molecule has 1 amide bonds. The van der Waals surface area contributed by atoms with E-state index in [1.165, 1.54) is 0 Å². The van der Waals surface area contributed by atoms with Gasteiger partial charge in [-0.2, -0.15) is 0 Å². The van der Waals surface area contributed by atoms with Gasteiger partial charge >= 0.3 is 0 Å². The Morgan fingerprint density at radius 1 is 1.00 bits per heavy atom. The summed E-state index contributed by atoms with van der Waals surface area (Å²) in [5.41, 5.74) is 2.60. The van der Waals surface area contributed by atoms with E-state index in [1.54, 1.807) is 56.4 Å². The van der Waals surface area contributed by atoms with E-state index < -0.39 is 10.0 Å². The maximum atomic E-state index is 12.3. The van der Waals surface area contributed by atoms with Gasteiger partial charge in [-0.1, -0.05) is 17.7 Å². The van der Waals surface area contributed by atoms with Crippen LogP contribution in [0.3, 0.4) is 0 Å². The number of amides is 1. The van der Waals surface area contributed by atoms with Crippen LogP contribution in [0, 0.1) is 13.8 Å². The standard InChI is InChI=1S/C16H18N2O3S/c1-11-4-7-14(8-5-11)22(20,21)18-15-9-6-13(10-12(15)2)16(19)17-3/h4-10,18H,1-3H3,(H,17,19). The summed E-state index contributed by atoms with van der Waals surface area (Å²) < 4.78 is 27.2. The molecule has 2 aromatic carbocycles. The summed E-state index contributed by atoms with van der Waals surface area (Å²) in [4.78, 5) is 11.8. The fourth-order valence-corrected chi connectivity index (χ4v) is 3.12. The van der Waals surface area contributed by atoms with Crippen molar-refractivity contribution in [1.82, 2.24) is 5.32 Å². The van der Waals surface area contributed by atoms with E-state index in [4.69, 9.17) is 0 Å². The molecule has 0 aliphatic heterocycles. The third kappa shape index (κ3) is 3.46. The minimum absolute atomic E-state index is 0.202. The number of nitrogens with one attached hydrogen (secondary N) is 2. The molecule has 22 heavy (non-hydrogen) atoms. The molecule has 0 radical (unpaired) electrons. The van der Waals surface area contributed by atoms with Crippen LogP contribution in [-0.4, -0.2) is 21.4 Å². The van der Waals surface area contributed by atoms with Crippen molar-refractivity contribution in [2.75, 3.05) is 11.8 Å². The highest BCUT2D eigenvalue weighted by Crippen LogP contribution is 2.21. The van der Waals surface area contributed by atoms with Crippen molar-refractivity contribution in [2.45, 2.75) is 18.7 Å². The van der Waals surface area contributed by atoms with Crippen molar-refractivity contribution in [3.8, 4) is 0 Å². The minimum Gasteiger partial charge on any atom is -0.355 e. The van der Waals surface area contributed by atoms with Crippen LogP contribution in [0.5, 0.6) is 0 Å². The average molecular weight is 318 g/mol. The second kappa shape index (κ2) is 6.19. The number of aryl methyl sites for hydroxylation is 2. The molecular formula is C16H18N2O3S. The quantitative estimate of drug-likeness (QED) is 0.909. The van der Waals surface area contributed by atoms with E-state index in [9.17, 15) is 13.2 Å². The van der Waals surface area contributed by atoms with Gasteiger partial charge < -0.3 is 5.32 Å². The molecule has 2 aromatic rings. The Balaban J connectivity index is 2.30. The van der Waals surface area contributed by atoms with Gasteiger partial charge in [0.1, 0.15) is 0 Å². The predicted octanol–water partition coefficient (Wildman–Crippen LogP) is 2.46. The lowest BCUT2D eigenvalue weighted by atomic mass is 10.1. The molecule has 0 unspecified atom stereocenters. The number of benzene rings is 2. The number of sulfonamides is 1. The van der Waals surface area contributed by atoms with Crippen LogP contribution in [0.4, 0.5) is 5.69 Å². The molecule has 0 atom stereocenters. The van der Waals surface area contributed by atoms with Crippen molar-refractivity contribution < 1.29 is 13.2 Å². The first-order valence-corrected chi connectivity index (χ1v) is 8.24. The van der Waals surface area contributed by atoms with E-state index in [0.29, 0.717) is 16.8 Å². The maximum Gasteiger partial charge on any atom is 0.261 e. The summed E-state index contributed by atoms with van der Waals surface area (Å²) in [6.07, 6.45) is 0. The van der Waals surface area contributed by atoms with Gasteiger partial charge in [0.05, 0.1) is 10.6 Å². The molecular weight excluding hydrogens is 300 g/mol. The van der Waals surface area contributed by atoms with Crippen LogP contribution < -0.4 is 10.0 Å². The Morgan fingerprint density at radius 2 is 1.64 bits per heavy atom. The zero-order valence-electron chi connectivity index (χ0n) is 12.7. The molecule has 0 aromatic heterocycles. The third-order valence-electron chi connectivity index (χ3n) is 3.29. The largest absolute Gasteiger partial charge is 0.355 e. The van der Waals surface area contributed by atoms with Gasteiger partial charge in [-0.25, -0.2) is 8.42 Å². The second-order valence-corrected chi connectivity index (χ2v) is 6.71. The summed E-state index contributed by atoms with van der Waals surface area (Å²) in [7, 11) is -2.09. The van der Waals surface area contributed by atoms with E-state index in [1.807, 2.05) is 6.92 Å². The van der Waals surface area contributed by atoms with Crippen LogP contribution in [0.1, 0.15) is 21.5 Å². The van der Waals surface area contributed by atoms with Crippen molar-refractivity contribution >= 4 is 21.6 Å². The number of hydrogen-bond acceptors (Lipinski definition) is 3. The molecule has 2 N–H and O–H groups in total. The fourth-order valence-electron chi connectivity index (χ4n) is 1.98. The van der Waals surface area contributed by atoms with E-state index in [-0.39, 0.29) is 10.8 Å². The first-order chi connectivity index (χ1) is 10.3. The molecule has 0 fully saturated rings. The summed E-state index contributed by atoms with van der Waals surface area (Å²) in [6.45, 7) is 3.64. The van der Waals surface area contributed by atoms with Crippen LogP contribution in [0.2, 0.25) is 0 Å². The Bertz CT molecular complexity index is 797. The molecule has 5 nitrogen and oxygen atoms in total. The monoisotopic (exact) mass is 318 g/mol. The second-order valence-electron chi connectivity index (χ2n) is 5.03. The smallest absolute Gasteiger partial charge is 0.261 e. The summed E-state index contributed by atoms with van der Waals surface area (Å²) in [5, 5.41) is 2.53. The molecule has 0 aliphatic carbocycles. The first kappa shape index (κ1) is 16.0. The summed E-state index contributed by atoms with van der Waals surface area (Å²) in [6, 6.07) is 11.4. The number of carbonyl (C=O) groups excluding carboxylic acids is 1. The highest BCUT2D eigenvalue weighted by molar-refractivity contribution is 7.92. The SMILES string of the molecule is CNC(=O)c1ccc(NS(=O)(=O)c2ccc(C)cc2)c(C)c1. The molecule has 0 heterocycles. The number of hydrogen-bond donors (Lipinski definition) is 2. The molecule has 0 bridgehead atoms. The fraction of sp³-hybridized carbons (Fsp3) is 0.188. The van der Waals surface area contributed by atoms with Gasteiger partial charge in [0.15, 0.2) is 0 Å². The van der Waals surface area contributed by atoms with E-state index in [0.717, 1.165) is 5.56 Å². The molecule has 0 aliphatic rings. The predicted molar refractivity (Wildman–Crippen MR) is 86.6 cm³/mol. The Labute approximate surface area is 130 Å². The number of anilines is 1. The molecule has 0 saturated heterocycles. The Kier molecular flexibility index (Phi) is 4.51. The Morgan fingerprint density at radius 3 is 2.18 bits per heavy atom. The Hall–Kier alpha value is -2.34. The van der Waals surface area contributed by atoms with E-state index >= 15 is 0 Å². The highest BCUT2D eigenvalue weighted by atomic mass is 32.2. The highest BCUT2D eigenvalue weighted by Gasteiger charge is 2.15. The molecule has 6 heteroatoms. The van der Waals surface area contributed by atoms with Gasteiger partial charge in [-0.05, 0) is 49.7 Å². The third-order valence-corrected chi connectivity index (χ3v) is 4.67. The van der Waals surface area contributed by atoms with Crippen molar-refractivity contribution in [3.63, 3.8) is 0 Å². The topological polar surface area (TPSA) is 75.3 Å². The van der Waals surface area contributed by atoms with Gasteiger partial charge in [-0.3, -0.25) is 9.52 Å². The van der Waals surface area contributed by atoms with Gasteiger partial charge in [-0.15, -0.1) is 0 Å². The van der Waals surface area contributed by atoms with Crippen molar-refractivity contribution in [3.05, 3.63) is 59.2 Å². The van der Waals surface area contributed by atoms with Gasteiger partial charge in [0, 0.05) is 12.6 Å². The van der Waals surface area contributed by atoms with Crippen LogP contribution in [-0.2, 0) is 10.0 Å². The average Bonchev–Trinajstić information content (AvgIpc) is 2.48. The summed E-state index contributed by atoms with van der Waals surface area (Å²) >= 11 is 0.